The molecule has 1 aromatic carbocycles. The van der Waals surface area contributed by atoms with Gasteiger partial charge in [-0.3, -0.25) is 4.79 Å². The molecule has 26 heavy (non-hydrogen) atoms. The Morgan fingerprint density at radius 1 is 1.08 bits per heavy atom. The van der Waals surface area contributed by atoms with Crippen LogP contribution in [0.15, 0.2) is 17.5 Å². The van der Waals surface area contributed by atoms with Gasteiger partial charge in [-0.2, -0.15) is 0 Å². The molecule has 0 N–H and O–H groups in total. The second-order valence-corrected chi connectivity index (χ2v) is 7.38. The van der Waals surface area contributed by atoms with Crippen LogP contribution in [0.25, 0.3) is 0 Å². The fraction of sp³-hybridized carbons (Fsp3) is 0.450. The molecular formula is C20H25NO4S. The molecule has 2 aromatic rings. The minimum absolute atomic E-state index is 0.0567. The lowest BCUT2D eigenvalue weighted by atomic mass is 9.95. The predicted octanol–water partition coefficient (Wildman–Crippen LogP) is 3.92. The van der Waals surface area contributed by atoms with E-state index in [1.54, 1.807) is 37.6 Å². The van der Waals surface area contributed by atoms with Crippen LogP contribution in [0.3, 0.4) is 0 Å². The third kappa shape index (κ3) is 3.38. The average molecular weight is 375 g/mol. The zero-order valence-electron chi connectivity index (χ0n) is 15.8. The third-order valence-corrected chi connectivity index (χ3v) is 5.92. The van der Waals surface area contributed by atoms with Crippen LogP contribution in [0.1, 0.15) is 39.2 Å². The van der Waals surface area contributed by atoms with E-state index in [1.807, 2.05) is 24.6 Å². The van der Waals surface area contributed by atoms with Gasteiger partial charge in [-0.25, -0.2) is 0 Å². The summed E-state index contributed by atoms with van der Waals surface area (Å²) >= 11 is 1.71. The number of nitrogens with zero attached hydrogens (tertiary/aromatic N) is 1. The van der Waals surface area contributed by atoms with Gasteiger partial charge in [-0.15, -0.1) is 11.3 Å². The van der Waals surface area contributed by atoms with Crippen molar-refractivity contribution in [3.63, 3.8) is 0 Å². The molecule has 0 spiro atoms. The van der Waals surface area contributed by atoms with Crippen molar-refractivity contribution in [2.45, 2.75) is 32.2 Å². The molecule has 0 saturated heterocycles. The van der Waals surface area contributed by atoms with Gasteiger partial charge in [0.25, 0.3) is 5.91 Å². The molecule has 0 bridgehead atoms. The van der Waals surface area contributed by atoms with E-state index in [4.69, 9.17) is 14.2 Å². The molecule has 0 radical (unpaired) electrons. The molecule has 140 valence electrons. The standard InChI is InChI=1S/C20H25NO4S/c1-21(20(22)15-12-26-17-8-6-5-7-14(15)17)11-13-9-10-16(23-2)19(25-4)18(13)24-3/h9-10,12H,5-8,11H2,1-4H3. The minimum atomic E-state index is 0.0567. The molecular weight excluding hydrogens is 350 g/mol. The Morgan fingerprint density at radius 3 is 2.50 bits per heavy atom. The molecule has 0 unspecified atom stereocenters. The van der Waals surface area contributed by atoms with Crippen LogP contribution in [0.4, 0.5) is 0 Å². The van der Waals surface area contributed by atoms with Crippen molar-refractivity contribution in [3.05, 3.63) is 39.1 Å². The molecule has 6 heteroatoms. The van der Waals surface area contributed by atoms with E-state index in [9.17, 15) is 4.79 Å². The fourth-order valence-corrected chi connectivity index (χ4v) is 4.61. The Bertz CT molecular complexity index is 799. The zero-order valence-corrected chi connectivity index (χ0v) is 16.6. The number of thiophene rings is 1. The van der Waals surface area contributed by atoms with Gasteiger partial charge in [0, 0.05) is 29.4 Å². The minimum Gasteiger partial charge on any atom is -0.493 e. The van der Waals surface area contributed by atoms with Crippen molar-refractivity contribution >= 4 is 17.2 Å². The first-order chi connectivity index (χ1) is 12.6. The molecule has 0 fully saturated rings. The normalized spacial score (nSPS) is 13.1. The van der Waals surface area contributed by atoms with Crippen LogP contribution >= 0.6 is 11.3 Å². The first-order valence-corrected chi connectivity index (χ1v) is 9.61. The zero-order chi connectivity index (χ0) is 18.7. The van der Waals surface area contributed by atoms with E-state index in [1.165, 1.54) is 16.9 Å². The highest BCUT2D eigenvalue weighted by atomic mass is 32.1. The van der Waals surface area contributed by atoms with Crippen LogP contribution in [-0.4, -0.2) is 39.2 Å². The second-order valence-electron chi connectivity index (χ2n) is 6.41. The largest absolute Gasteiger partial charge is 0.493 e. The Balaban J connectivity index is 1.85. The first kappa shape index (κ1) is 18.6. The van der Waals surface area contributed by atoms with Crippen LogP contribution in [-0.2, 0) is 19.4 Å². The molecule has 0 aliphatic heterocycles. The topological polar surface area (TPSA) is 48.0 Å². The van der Waals surface area contributed by atoms with Crippen LogP contribution in [0.5, 0.6) is 17.2 Å². The number of amides is 1. The van der Waals surface area contributed by atoms with Crippen molar-refractivity contribution < 1.29 is 19.0 Å². The first-order valence-electron chi connectivity index (χ1n) is 8.73. The third-order valence-electron chi connectivity index (χ3n) is 4.83. The maximum Gasteiger partial charge on any atom is 0.255 e. The number of benzene rings is 1. The lowest BCUT2D eigenvalue weighted by Crippen LogP contribution is -2.27. The summed E-state index contributed by atoms with van der Waals surface area (Å²) in [7, 11) is 6.59. The maximum absolute atomic E-state index is 13.0. The Morgan fingerprint density at radius 2 is 1.81 bits per heavy atom. The van der Waals surface area contributed by atoms with E-state index < -0.39 is 0 Å². The highest BCUT2D eigenvalue weighted by molar-refractivity contribution is 7.10. The molecule has 5 nitrogen and oxygen atoms in total. The van der Waals surface area contributed by atoms with Crippen molar-refractivity contribution in [3.8, 4) is 17.2 Å². The lowest BCUT2D eigenvalue weighted by molar-refractivity contribution is 0.0783. The Kier molecular flexibility index (Phi) is 5.71. The number of hydrogen-bond acceptors (Lipinski definition) is 5. The molecule has 1 aliphatic carbocycles. The molecule has 1 heterocycles. The SMILES string of the molecule is COc1ccc(CN(C)C(=O)c2csc3c2CCCC3)c(OC)c1OC. The fourth-order valence-electron chi connectivity index (χ4n) is 3.49. The number of carbonyl (C=O) groups is 1. The summed E-state index contributed by atoms with van der Waals surface area (Å²) in [6, 6.07) is 3.74. The van der Waals surface area contributed by atoms with E-state index in [-0.39, 0.29) is 5.91 Å². The van der Waals surface area contributed by atoms with Crippen molar-refractivity contribution in [2.75, 3.05) is 28.4 Å². The van der Waals surface area contributed by atoms with Gasteiger partial charge in [-0.1, -0.05) is 0 Å². The molecule has 1 aliphatic rings. The van der Waals surface area contributed by atoms with Gasteiger partial charge in [0.2, 0.25) is 5.75 Å². The lowest BCUT2D eigenvalue weighted by Gasteiger charge is -2.22. The monoisotopic (exact) mass is 375 g/mol. The quantitative estimate of drug-likeness (QED) is 0.768. The van der Waals surface area contributed by atoms with Crippen LogP contribution < -0.4 is 14.2 Å². The summed E-state index contributed by atoms with van der Waals surface area (Å²) in [4.78, 5) is 16.1. The summed E-state index contributed by atoms with van der Waals surface area (Å²) in [6.07, 6.45) is 4.49. The summed E-state index contributed by atoms with van der Waals surface area (Å²) < 4.78 is 16.3. The maximum atomic E-state index is 13.0. The number of hydrogen-bond donors (Lipinski definition) is 0. The van der Waals surface area contributed by atoms with Gasteiger partial charge in [0.05, 0.1) is 26.9 Å². The average Bonchev–Trinajstić information content (AvgIpc) is 3.10. The van der Waals surface area contributed by atoms with Crippen molar-refractivity contribution in [1.82, 2.24) is 4.90 Å². The van der Waals surface area contributed by atoms with Gasteiger partial charge in [0.15, 0.2) is 11.5 Å². The molecule has 3 rings (SSSR count). The highest BCUT2D eigenvalue weighted by Gasteiger charge is 2.24. The summed E-state index contributed by atoms with van der Waals surface area (Å²) in [5, 5.41) is 2.01. The molecule has 0 atom stereocenters. The number of ether oxygens (including phenoxy) is 3. The summed E-state index contributed by atoms with van der Waals surface area (Å²) in [6.45, 7) is 0.437. The number of methoxy groups -OCH3 is 3. The van der Waals surface area contributed by atoms with E-state index in [2.05, 4.69) is 0 Å². The number of aryl methyl sites for hydroxylation is 1. The Labute approximate surface area is 158 Å². The van der Waals surface area contributed by atoms with E-state index >= 15 is 0 Å². The van der Waals surface area contributed by atoms with E-state index in [0.29, 0.717) is 23.8 Å². The summed E-state index contributed by atoms with van der Waals surface area (Å²) in [5.41, 5.74) is 2.98. The van der Waals surface area contributed by atoms with Crippen molar-refractivity contribution in [2.24, 2.45) is 0 Å². The number of carbonyl (C=O) groups excluding carboxylic acids is 1. The molecule has 1 aromatic heterocycles. The highest BCUT2D eigenvalue weighted by Crippen LogP contribution is 2.40. The van der Waals surface area contributed by atoms with Crippen molar-refractivity contribution in [1.29, 1.82) is 0 Å². The Hall–Kier alpha value is -2.21. The molecule has 0 saturated carbocycles. The van der Waals surface area contributed by atoms with Gasteiger partial charge >= 0.3 is 0 Å². The van der Waals surface area contributed by atoms with Crippen LogP contribution in [0, 0.1) is 0 Å². The smallest absolute Gasteiger partial charge is 0.255 e. The van der Waals surface area contributed by atoms with Gasteiger partial charge in [-0.05, 0) is 43.4 Å². The van der Waals surface area contributed by atoms with Crippen LogP contribution in [0.2, 0.25) is 0 Å². The predicted molar refractivity (Wildman–Crippen MR) is 103 cm³/mol. The number of fused-ring (bicyclic) bond motifs is 1. The second kappa shape index (κ2) is 7.99. The number of rotatable bonds is 6. The molecule has 1 amide bonds. The van der Waals surface area contributed by atoms with E-state index in [0.717, 1.165) is 30.4 Å². The van der Waals surface area contributed by atoms with Gasteiger partial charge < -0.3 is 19.1 Å². The summed E-state index contributed by atoms with van der Waals surface area (Å²) in [5.74, 6) is 1.80. The van der Waals surface area contributed by atoms with Gasteiger partial charge in [0.1, 0.15) is 0 Å².